The van der Waals surface area contributed by atoms with Gasteiger partial charge in [-0.25, -0.2) is 9.37 Å². The first-order valence-corrected chi connectivity index (χ1v) is 7.41. The van der Waals surface area contributed by atoms with E-state index < -0.39 is 0 Å². The zero-order valence-corrected chi connectivity index (χ0v) is 12.0. The van der Waals surface area contributed by atoms with Crippen molar-refractivity contribution >= 4 is 32.6 Å². The smallest absolute Gasteiger partial charge is 0.225 e. The average molecular weight is 294 g/mol. The Kier molecular flexibility index (Phi) is 3.67. The quantitative estimate of drug-likeness (QED) is 0.874. The second kappa shape index (κ2) is 5.46. The molecule has 4 nitrogen and oxygen atoms in total. The predicted molar refractivity (Wildman–Crippen MR) is 76.6 cm³/mol. The van der Waals surface area contributed by atoms with Crippen LogP contribution < -0.4 is 4.90 Å². The molecular weight excluding hydrogens is 279 g/mol. The Morgan fingerprint density at radius 1 is 1.60 bits per heavy atom. The summed E-state index contributed by atoms with van der Waals surface area (Å²) in [7, 11) is 0. The van der Waals surface area contributed by atoms with E-state index in [1.54, 1.807) is 11.0 Å². The molecule has 6 heteroatoms. The van der Waals surface area contributed by atoms with Gasteiger partial charge in [0.2, 0.25) is 5.91 Å². The summed E-state index contributed by atoms with van der Waals surface area (Å²) in [4.78, 5) is 17.7. The molecule has 1 aromatic heterocycles. The molecule has 0 spiro atoms. The number of fused-ring (bicyclic) bond motifs is 1. The van der Waals surface area contributed by atoms with Crippen LogP contribution >= 0.6 is 11.3 Å². The number of anilines is 1. The minimum Gasteiger partial charge on any atom is -0.376 e. The van der Waals surface area contributed by atoms with E-state index in [9.17, 15) is 9.18 Å². The topological polar surface area (TPSA) is 42.4 Å². The van der Waals surface area contributed by atoms with Crippen LogP contribution in [0.15, 0.2) is 18.2 Å². The summed E-state index contributed by atoms with van der Waals surface area (Å²) in [6, 6.07) is 4.84. The number of hydrogen-bond donors (Lipinski definition) is 0. The molecule has 0 radical (unpaired) electrons. The molecule has 0 saturated carbocycles. The number of thiazole rings is 1. The Hall–Kier alpha value is -1.53. The SMILES string of the molecule is CC(=O)N(C[C@H]1CCCO1)c1nc2c(F)cccc2s1. The van der Waals surface area contributed by atoms with E-state index in [1.807, 2.05) is 6.07 Å². The van der Waals surface area contributed by atoms with Gasteiger partial charge in [0, 0.05) is 13.5 Å². The Labute approximate surface area is 120 Å². The molecule has 1 saturated heterocycles. The number of ether oxygens (including phenoxy) is 1. The molecule has 0 N–H and O–H groups in total. The van der Waals surface area contributed by atoms with Gasteiger partial charge < -0.3 is 4.74 Å². The van der Waals surface area contributed by atoms with Crippen molar-refractivity contribution in [3.63, 3.8) is 0 Å². The number of benzene rings is 1. The van der Waals surface area contributed by atoms with Crippen LogP contribution in [0.25, 0.3) is 10.2 Å². The van der Waals surface area contributed by atoms with E-state index in [0.717, 1.165) is 24.1 Å². The first kappa shape index (κ1) is 13.5. The average Bonchev–Trinajstić information content (AvgIpc) is 3.05. The summed E-state index contributed by atoms with van der Waals surface area (Å²) in [6.07, 6.45) is 2.02. The number of aromatic nitrogens is 1. The summed E-state index contributed by atoms with van der Waals surface area (Å²) in [6.45, 7) is 2.72. The van der Waals surface area contributed by atoms with E-state index in [-0.39, 0.29) is 17.8 Å². The first-order valence-electron chi connectivity index (χ1n) is 6.60. The lowest BCUT2D eigenvalue weighted by Gasteiger charge is -2.21. The van der Waals surface area contributed by atoms with Gasteiger partial charge in [-0.05, 0) is 25.0 Å². The fourth-order valence-electron chi connectivity index (χ4n) is 2.35. The number of halogens is 1. The third-order valence-electron chi connectivity index (χ3n) is 3.38. The lowest BCUT2D eigenvalue weighted by molar-refractivity contribution is -0.116. The van der Waals surface area contributed by atoms with Crippen molar-refractivity contribution in [3.05, 3.63) is 24.0 Å². The number of rotatable bonds is 3. The van der Waals surface area contributed by atoms with E-state index in [4.69, 9.17) is 4.74 Å². The highest BCUT2D eigenvalue weighted by molar-refractivity contribution is 7.22. The van der Waals surface area contributed by atoms with Crippen LogP contribution in [0.1, 0.15) is 19.8 Å². The Morgan fingerprint density at radius 2 is 2.45 bits per heavy atom. The predicted octanol–water partition coefficient (Wildman–Crippen LogP) is 2.97. The number of carbonyl (C=O) groups excluding carboxylic acids is 1. The van der Waals surface area contributed by atoms with Gasteiger partial charge in [-0.2, -0.15) is 0 Å². The molecule has 1 aliphatic rings. The van der Waals surface area contributed by atoms with Crippen LogP contribution in [0.4, 0.5) is 9.52 Å². The van der Waals surface area contributed by atoms with E-state index in [2.05, 4.69) is 4.98 Å². The molecule has 1 amide bonds. The van der Waals surface area contributed by atoms with Crippen LogP contribution in [0.5, 0.6) is 0 Å². The minimum absolute atomic E-state index is 0.0516. The molecule has 0 aliphatic carbocycles. The van der Waals surface area contributed by atoms with Gasteiger partial charge in [0.05, 0.1) is 17.3 Å². The molecule has 2 aromatic rings. The van der Waals surface area contributed by atoms with Crippen molar-refractivity contribution in [1.29, 1.82) is 0 Å². The van der Waals surface area contributed by atoms with Crippen molar-refractivity contribution in [1.82, 2.24) is 4.98 Å². The highest BCUT2D eigenvalue weighted by Gasteiger charge is 2.24. The molecular formula is C14H15FN2O2S. The van der Waals surface area contributed by atoms with Crippen molar-refractivity contribution in [2.45, 2.75) is 25.9 Å². The summed E-state index contributed by atoms with van der Waals surface area (Å²) >= 11 is 1.33. The maximum Gasteiger partial charge on any atom is 0.225 e. The number of amides is 1. The monoisotopic (exact) mass is 294 g/mol. The molecule has 1 aliphatic heterocycles. The highest BCUT2D eigenvalue weighted by atomic mass is 32.1. The van der Waals surface area contributed by atoms with Crippen molar-refractivity contribution in [3.8, 4) is 0 Å². The van der Waals surface area contributed by atoms with Gasteiger partial charge in [-0.3, -0.25) is 9.69 Å². The maximum atomic E-state index is 13.7. The molecule has 0 unspecified atom stereocenters. The van der Waals surface area contributed by atoms with Gasteiger partial charge in [-0.1, -0.05) is 17.4 Å². The summed E-state index contributed by atoms with van der Waals surface area (Å²) < 4.78 is 20.0. The van der Waals surface area contributed by atoms with Crippen LogP contribution in [0, 0.1) is 5.82 Å². The number of para-hydroxylation sites is 1. The van der Waals surface area contributed by atoms with Gasteiger partial charge in [0.25, 0.3) is 0 Å². The highest BCUT2D eigenvalue weighted by Crippen LogP contribution is 2.31. The Bertz CT molecular complexity index is 637. The zero-order chi connectivity index (χ0) is 14.1. The Morgan fingerprint density at radius 3 is 3.10 bits per heavy atom. The van der Waals surface area contributed by atoms with Gasteiger partial charge in [0.1, 0.15) is 11.3 Å². The van der Waals surface area contributed by atoms with Crippen LogP contribution in [-0.2, 0) is 9.53 Å². The van der Waals surface area contributed by atoms with Crippen molar-refractivity contribution < 1.29 is 13.9 Å². The summed E-state index contributed by atoms with van der Waals surface area (Å²) in [5, 5.41) is 0.535. The number of nitrogens with zero attached hydrogens (tertiary/aromatic N) is 2. The molecule has 106 valence electrons. The van der Waals surface area contributed by atoms with E-state index >= 15 is 0 Å². The molecule has 0 bridgehead atoms. The molecule has 1 atom stereocenters. The van der Waals surface area contributed by atoms with Crippen molar-refractivity contribution in [2.75, 3.05) is 18.1 Å². The third-order valence-corrected chi connectivity index (χ3v) is 4.42. The molecule has 3 rings (SSSR count). The van der Waals surface area contributed by atoms with E-state index in [1.165, 1.54) is 24.3 Å². The standard InChI is InChI=1S/C14H15FN2O2S/c1-9(18)17(8-10-4-3-7-19-10)14-16-13-11(15)5-2-6-12(13)20-14/h2,5-6,10H,3-4,7-8H2,1H3/t10-/m1/s1. The van der Waals surface area contributed by atoms with Crippen LogP contribution in [0.3, 0.4) is 0 Å². The Balaban J connectivity index is 1.92. The number of carbonyl (C=O) groups is 1. The fourth-order valence-corrected chi connectivity index (χ4v) is 3.39. The molecule has 1 aromatic carbocycles. The number of hydrogen-bond acceptors (Lipinski definition) is 4. The van der Waals surface area contributed by atoms with Gasteiger partial charge in [0.15, 0.2) is 5.13 Å². The van der Waals surface area contributed by atoms with Crippen LogP contribution in [-0.4, -0.2) is 30.1 Å². The summed E-state index contributed by atoms with van der Waals surface area (Å²) in [5.74, 6) is -0.453. The minimum atomic E-state index is -0.356. The first-order chi connectivity index (χ1) is 9.65. The zero-order valence-electron chi connectivity index (χ0n) is 11.1. The van der Waals surface area contributed by atoms with Crippen molar-refractivity contribution in [2.24, 2.45) is 0 Å². The molecule has 20 heavy (non-hydrogen) atoms. The van der Waals surface area contributed by atoms with Crippen LogP contribution in [0.2, 0.25) is 0 Å². The summed E-state index contributed by atoms with van der Waals surface area (Å²) in [5.41, 5.74) is 0.325. The lowest BCUT2D eigenvalue weighted by atomic mass is 10.2. The largest absolute Gasteiger partial charge is 0.376 e. The normalized spacial score (nSPS) is 18.6. The second-order valence-corrected chi connectivity index (χ2v) is 5.86. The lowest BCUT2D eigenvalue weighted by Crippen LogP contribution is -2.35. The third kappa shape index (κ3) is 2.53. The fraction of sp³-hybridized carbons (Fsp3) is 0.429. The second-order valence-electron chi connectivity index (χ2n) is 4.85. The van der Waals surface area contributed by atoms with Gasteiger partial charge >= 0.3 is 0 Å². The molecule has 1 fully saturated rings. The van der Waals surface area contributed by atoms with Gasteiger partial charge in [-0.15, -0.1) is 0 Å². The molecule has 2 heterocycles. The maximum absolute atomic E-state index is 13.7. The van der Waals surface area contributed by atoms with E-state index in [0.29, 0.717) is 17.2 Å².